The van der Waals surface area contributed by atoms with Crippen LogP contribution in [0.15, 0.2) is 48.5 Å². The van der Waals surface area contributed by atoms with Crippen molar-refractivity contribution in [2.75, 3.05) is 5.32 Å². The van der Waals surface area contributed by atoms with E-state index in [-0.39, 0.29) is 18.0 Å². The molecule has 1 N–H and O–H groups in total. The molecule has 2 aromatic rings. The number of nitro groups is 1. The van der Waals surface area contributed by atoms with Crippen molar-refractivity contribution >= 4 is 23.9 Å². The normalized spacial score (nSPS) is 9.74. The second kappa shape index (κ2) is 7.55. The van der Waals surface area contributed by atoms with Gasteiger partial charge in [-0.2, -0.15) is 0 Å². The Morgan fingerprint density at radius 1 is 1.13 bits per heavy atom. The van der Waals surface area contributed by atoms with Crippen LogP contribution in [0.3, 0.4) is 0 Å². The number of anilines is 1. The summed E-state index contributed by atoms with van der Waals surface area (Å²) in [5, 5.41) is 13.0. The van der Waals surface area contributed by atoms with Gasteiger partial charge in [-0.25, -0.2) is 4.79 Å². The number of nitrogens with zero attached hydrogens (tertiary/aromatic N) is 1. The first-order valence-corrected chi connectivity index (χ1v) is 6.46. The van der Waals surface area contributed by atoms with E-state index in [1.165, 1.54) is 24.3 Å². The second-order valence-electron chi connectivity index (χ2n) is 4.35. The summed E-state index contributed by atoms with van der Waals surface area (Å²) in [7, 11) is 0. The van der Waals surface area contributed by atoms with Crippen LogP contribution in [0.2, 0.25) is 0 Å². The summed E-state index contributed by atoms with van der Waals surface area (Å²) in [6.07, 6.45) is -0.360. The van der Waals surface area contributed by atoms with Crippen LogP contribution in [0, 0.1) is 10.1 Å². The van der Waals surface area contributed by atoms with Crippen LogP contribution < -0.4 is 10.1 Å². The van der Waals surface area contributed by atoms with Crippen molar-refractivity contribution in [1.82, 2.24) is 0 Å². The zero-order chi connectivity index (χ0) is 16.7. The van der Waals surface area contributed by atoms with E-state index in [2.05, 4.69) is 5.32 Å². The highest BCUT2D eigenvalue weighted by molar-refractivity contribution is 5.71. The Labute approximate surface area is 130 Å². The molecule has 0 aliphatic carbocycles. The van der Waals surface area contributed by atoms with Crippen molar-refractivity contribution in [1.29, 1.82) is 0 Å². The lowest BCUT2D eigenvalue weighted by Crippen LogP contribution is -2.10. The highest BCUT2D eigenvalue weighted by Gasteiger charge is 2.09. The Balaban J connectivity index is 1.84. The smallest absolute Gasteiger partial charge is 0.429 e. The number of nitrogens with one attached hydrogen (secondary N) is 1. The number of rotatable bonds is 6. The molecular formula is C15H12N2O6. The fourth-order valence-electron chi connectivity index (χ4n) is 1.67. The van der Waals surface area contributed by atoms with Crippen molar-refractivity contribution in [3.8, 4) is 5.75 Å². The molecule has 118 valence electrons. The van der Waals surface area contributed by atoms with Gasteiger partial charge in [0.05, 0.1) is 4.92 Å². The first-order chi connectivity index (χ1) is 11.1. The number of non-ortho nitro benzene ring substituents is 1. The second-order valence-corrected chi connectivity index (χ2v) is 4.35. The van der Waals surface area contributed by atoms with Gasteiger partial charge in [-0.3, -0.25) is 14.9 Å². The predicted octanol–water partition coefficient (Wildman–Crippen LogP) is 2.88. The average Bonchev–Trinajstić information content (AvgIpc) is 2.55. The SMILES string of the molecule is O=CNc1ccc(COC(=O)Oc2ccc([N+](=O)[O-])cc2)cc1. The number of amides is 1. The lowest BCUT2D eigenvalue weighted by molar-refractivity contribution is -0.384. The van der Waals surface area contributed by atoms with Gasteiger partial charge in [0.2, 0.25) is 6.41 Å². The molecule has 0 aliphatic rings. The number of hydrogen-bond acceptors (Lipinski definition) is 6. The van der Waals surface area contributed by atoms with Crippen LogP contribution in [0.1, 0.15) is 5.56 Å². The van der Waals surface area contributed by atoms with Crippen LogP contribution in [-0.4, -0.2) is 17.5 Å². The summed E-state index contributed by atoms with van der Waals surface area (Å²) >= 11 is 0. The molecule has 0 fully saturated rings. The molecule has 23 heavy (non-hydrogen) atoms. The maximum absolute atomic E-state index is 11.5. The Bertz CT molecular complexity index is 697. The van der Waals surface area contributed by atoms with Gasteiger partial charge in [0.25, 0.3) is 5.69 Å². The van der Waals surface area contributed by atoms with Crippen LogP contribution in [0.5, 0.6) is 5.75 Å². The van der Waals surface area contributed by atoms with Crippen molar-refractivity contribution in [2.24, 2.45) is 0 Å². The van der Waals surface area contributed by atoms with Gasteiger partial charge in [-0.1, -0.05) is 12.1 Å². The van der Waals surface area contributed by atoms with Gasteiger partial charge in [-0.05, 0) is 29.8 Å². The number of ether oxygens (including phenoxy) is 2. The molecule has 2 aromatic carbocycles. The van der Waals surface area contributed by atoms with Crippen molar-refractivity contribution < 1.29 is 24.0 Å². The first kappa shape index (κ1) is 16.0. The lowest BCUT2D eigenvalue weighted by Gasteiger charge is -2.06. The fraction of sp³-hybridized carbons (Fsp3) is 0.0667. The van der Waals surface area contributed by atoms with E-state index in [0.29, 0.717) is 17.7 Å². The predicted molar refractivity (Wildman–Crippen MR) is 80.0 cm³/mol. The summed E-state index contributed by atoms with van der Waals surface area (Å²) in [5.41, 5.74) is 1.23. The summed E-state index contributed by atoms with van der Waals surface area (Å²) in [4.78, 5) is 31.8. The van der Waals surface area contributed by atoms with Gasteiger partial charge in [0.1, 0.15) is 12.4 Å². The lowest BCUT2D eigenvalue weighted by atomic mass is 10.2. The van der Waals surface area contributed by atoms with E-state index >= 15 is 0 Å². The molecule has 1 amide bonds. The highest BCUT2D eigenvalue weighted by Crippen LogP contribution is 2.18. The number of benzene rings is 2. The molecule has 0 aromatic heterocycles. The summed E-state index contributed by atoms with van der Waals surface area (Å²) in [5.74, 6) is 0.145. The molecular weight excluding hydrogens is 304 g/mol. The summed E-state index contributed by atoms with van der Waals surface area (Å²) in [6.45, 7) is -0.00676. The number of carbonyl (C=O) groups excluding carboxylic acids is 2. The first-order valence-electron chi connectivity index (χ1n) is 6.46. The largest absolute Gasteiger partial charge is 0.514 e. The third-order valence-corrected chi connectivity index (χ3v) is 2.78. The van der Waals surface area contributed by atoms with Gasteiger partial charge in [0, 0.05) is 17.8 Å². The number of hydrogen-bond donors (Lipinski definition) is 1. The van der Waals surface area contributed by atoms with Crippen molar-refractivity contribution in [2.45, 2.75) is 6.61 Å². The molecule has 0 radical (unpaired) electrons. The molecule has 0 aliphatic heterocycles. The minimum atomic E-state index is -0.922. The van der Waals surface area contributed by atoms with E-state index in [1.54, 1.807) is 24.3 Å². The van der Waals surface area contributed by atoms with E-state index < -0.39 is 11.1 Å². The monoisotopic (exact) mass is 316 g/mol. The standard InChI is InChI=1S/C15H12N2O6/c18-10-16-12-3-1-11(2-4-12)9-22-15(19)23-14-7-5-13(6-8-14)17(20)21/h1-8,10H,9H2,(H,16,18). The Kier molecular flexibility index (Phi) is 5.24. The topological polar surface area (TPSA) is 108 Å². The van der Waals surface area contributed by atoms with Crippen molar-refractivity contribution in [3.63, 3.8) is 0 Å². The zero-order valence-electron chi connectivity index (χ0n) is 11.8. The Morgan fingerprint density at radius 3 is 2.35 bits per heavy atom. The van der Waals surface area contributed by atoms with Gasteiger partial charge in [0.15, 0.2) is 0 Å². The average molecular weight is 316 g/mol. The third kappa shape index (κ3) is 4.81. The van der Waals surface area contributed by atoms with E-state index in [4.69, 9.17) is 9.47 Å². The molecule has 0 saturated heterocycles. The van der Waals surface area contributed by atoms with Crippen LogP contribution >= 0.6 is 0 Å². The molecule has 8 heteroatoms. The van der Waals surface area contributed by atoms with E-state index in [9.17, 15) is 19.7 Å². The molecule has 2 rings (SSSR count). The van der Waals surface area contributed by atoms with E-state index in [0.717, 1.165) is 0 Å². The maximum Gasteiger partial charge on any atom is 0.514 e. The highest BCUT2D eigenvalue weighted by atomic mass is 16.7. The quantitative estimate of drug-likeness (QED) is 0.288. The summed E-state index contributed by atoms with van der Waals surface area (Å²) in [6, 6.07) is 11.8. The van der Waals surface area contributed by atoms with Crippen LogP contribution in [-0.2, 0) is 16.1 Å². The van der Waals surface area contributed by atoms with E-state index in [1.807, 2.05) is 0 Å². The fourth-order valence-corrected chi connectivity index (χ4v) is 1.67. The number of nitro benzene ring substituents is 1. The minimum absolute atomic E-state index is 0.00676. The van der Waals surface area contributed by atoms with Crippen LogP contribution in [0.25, 0.3) is 0 Å². The minimum Gasteiger partial charge on any atom is -0.429 e. The zero-order valence-corrected chi connectivity index (χ0v) is 11.8. The third-order valence-electron chi connectivity index (χ3n) is 2.78. The molecule has 0 heterocycles. The Hall–Kier alpha value is -3.42. The van der Waals surface area contributed by atoms with Gasteiger partial charge >= 0.3 is 6.16 Å². The van der Waals surface area contributed by atoms with Crippen LogP contribution in [0.4, 0.5) is 16.2 Å². The number of carbonyl (C=O) groups is 2. The molecule has 0 unspecified atom stereocenters. The van der Waals surface area contributed by atoms with Gasteiger partial charge in [-0.15, -0.1) is 0 Å². The van der Waals surface area contributed by atoms with Gasteiger partial charge < -0.3 is 14.8 Å². The molecule has 0 atom stereocenters. The molecule has 0 saturated carbocycles. The molecule has 0 bridgehead atoms. The molecule has 0 spiro atoms. The Morgan fingerprint density at radius 2 is 1.78 bits per heavy atom. The van der Waals surface area contributed by atoms with Crippen molar-refractivity contribution in [3.05, 3.63) is 64.2 Å². The summed E-state index contributed by atoms with van der Waals surface area (Å²) < 4.78 is 9.82. The molecule has 8 nitrogen and oxygen atoms in total. The maximum atomic E-state index is 11.5.